The van der Waals surface area contributed by atoms with Gasteiger partial charge in [0, 0.05) is 17.3 Å². The molecule has 0 unspecified atom stereocenters. The fraction of sp³-hybridized carbons (Fsp3) is 0.286. The van der Waals surface area contributed by atoms with Crippen LogP contribution in [0.25, 0.3) is 5.69 Å². The lowest BCUT2D eigenvalue weighted by Crippen LogP contribution is -2.30. The first-order valence-electron chi connectivity index (χ1n) is 6.66. The fourth-order valence-electron chi connectivity index (χ4n) is 2.30. The molecule has 0 saturated carbocycles. The van der Waals surface area contributed by atoms with Crippen molar-refractivity contribution in [2.24, 2.45) is 0 Å². The first kappa shape index (κ1) is 16.2. The summed E-state index contributed by atoms with van der Waals surface area (Å²) in [6.45, 7) is 0.437. The average molecular weight is 362 g/mol. The maximum absolute atomic E-state index is 13.5. The van der Waals surface area contributed by atoms with Gasteiger partial charge in [0.15, 0.2) is 5.69 Å². The quantitative estimate of drug-likeness (QED) is 0.818. The molecule has 0 aliphatic carbocycles. The molecule has 1 saturated heterocycles. The van der Waals surface area contributed by atoms with Crippen LogP contribution in [0.3, 0.4) is 0 Å². The van der Waals surface area contributed by atoms with Crippen LogP contribution in [-0.4, -0.2) is 38.8 Å². The standard InChI is InChI=1S/C14H11ClF3N3OS/c15-9-1-3-10(4-2-9)21-12(14(16,17)18)11(7-19-21)13(22)20-5-6-23-8-20/h1-4,7H,5-6,8H2. The molecule has 4 nitrogen and oxygen atoms in total. The van der Waals surface area contributed by atoms with Crippen molar-refractivity contribution < 1.29 is 18.0 Å². The van der Waals surface area contributed by atoms with E-state index in [0.717, 1.165) is 16.6 Å². The lowest BCUT2D eigenvalue weighted by molar-refractivity contribution is -0.143. The molecule has 0 N–H and O–H groups in total. The molecule has 2 aromatic rings. The Morgan fingerprint density at radius 2 is 1.96 bits per heavy atom. The van der Waals surface area contributed by atoms with Crippen molar-refractivity contribution in [3.63, 3.8) is 0 Å². The number of alkyl halides is 3. The van der Waals surface area contributed by atoms with Gasteiger partial charge in [-0.15, -0.1) is 11.8 Å². The molecule has 1 fully saturated rings. The zero-order chi connectivity index (χ0) is 16.6. The normalized spacial score (nSPS) is 15.2. The van der Waals surface area contributed by atoms with Gasteiger partial charge in [-0.25, -0.2) is 4.68 Å². The van der Waals surface area contributed by atoms with Gasteiger partial charge in [-0.1, -0.05) is 11.6 Å². The maximum atomic E-state index is 13.5. The van der Waals surface area contributed by atoms with Gasteiger partial charge >= 0.3 is 6.18 Å². The highest BCUT2D eigenvalue weighted by atomic mass is 35.5. The lowest BCUT2D eigenvalue weighted by atomic mass is 10.2. The molecule has 23 heavy (non-hydrogen) atoms. The largest absolute Gasteiger partial charge is 0.434 e. The minimum atomic E-state index is -4.70. The van der Waals surface area contributed by atoms with E-state index in [1.807, 2.05) is 0 Å². The predicted molar refractivity (Wildman–Crippen MR) is 81.9 cm³/mol. The van der Waals surface area contributed by atoms with Crippen LogP contribution in [0, 0.1) is 0 Å². The average Bonchev–Trinajstić information content (AvgIpc) is 3.16. The number of carbonyl (C=O) groups excluding carboxylic acids is 1. The van der Waals surface area contributed by atoms with Crippen molar-refractivity contribution in [1.29, 1.82) is 0 Å². The summed E-state index contributed by atoms with van der Waals surface area (Å²) in [5.41, 5.74) is -1.31. The van der Waals surface area contributed by atoms with E-state index < -0.39 is 23.3 Å². The summed E-state index contributed by atoms with van der Waals surface area (Å²) in [4.78, 5) is 13.7. The number of amides is 1. The number of carbonyl (C=O) groups is 1. The van der Waals surface area contributed by atoms with E-state index >= 15 is 0 Å². The van der Waals surface area contributed by atoms with Crippen molar-refractivity contribution in [1.82, 2.24) is 14.7 Å². The molecule has 0 radical (unpaired) electrons. The Kier molecular flexibility index (Phi) is 4.29. The highest BCUT2D eigenvalue weighted by molar-refractivity contribution is 7.99. The Hall–Kier alpha value is -1.67. The third-order valence-electron chi connectivity index (χ3n) is 3.38. The van der Waals surface area contributed by atoms with Crippen LogP contribution in [-0.2, 0) is 6.18 Å². The van der Waals surface area contributed by atoms with Crippen LogP contribution in [0.4, 0.5) is 13.2 Å². The molecule has 1 aromatic carbocycles. The van der Waals surface area contributed by atoms with E-state index in [1.165, 1.54) is 40.9 Å². The zero-order valence-corrected chi connectivity index (χ0v) is 13.3. The number of nitrogens with zero attached hydrogens (tertiary/aromatic N) is 3. The van der Waals surface area contributed by atoms with Crippen LogP contribution < -0.4 is 0 Å². The number of hydrogen-bond acceptors (Lipinski definition) is 3. The van der Waals surface area contributed by atoms with E-state index in [1.54, 1.807) is 0 Å². The third-order valence-corrected chi connectivity index (χ3v) is 4.60. The minimum absolute atomic E-state index is 0.191. The molecule has 1 amide bonds. The number of thioether (sulfide) groups is 1. The third kappa shape index (κ3) is 3.18. The Bertz CT molecular complexity index is 724. The number of hydrogen-bond donors (Lipinski definition) is 0. The van der Waals surface area contributed by atoms with Crippen molar-refractivity contribution >= 4 is 29.3 Å². The summed E-state index contributed by atoms with van der Waals surface area (Å²) in [7, 11) is 0. The second kappa shape index (κ2) is 6.09. The van der Waals surface area contributed by atoms with Crippen LogP contribution in [0.1, 0.15) is 16.1 Å². The molecule has 9 heteroatoms. The van der Waals surface area contributed by atoms with Crippen LogP contribution >= 0.6 is 23.4 Å². The summed E-state index contributed by atoms with van der Waals surface area (Å²) in [5, 5.41) is 4.18. The van der Waals surface area contributed by atoms with Crippen molar-refractivity contribution in [3.05, 3.63) is 46.7 Å². The van der Waals surface area contributed by atoms with Gasteiger partial charge in [0.1, 0.15) is 0 Å². The summed E-state index contributed by atoms with van der Waals surface area (Å²) in [6, 6.07) is 5.78. The second-order valence-corrected chi connectivity index (χ2v) is 6.41. The van der Waals surface area contributed by atoms with Crippen molar-refractivity contribution in [3.8, 4) is 5.69 Å². The van der Waals surface area contributed by atoms with Gasteiger partial charge in [-0.3, -0.25) is 4.79 Å². The van der Waals surface area contributed by atoms with E-state index in [2.05, 4.69) is 5.10 Å². The summed E-state index contributed by atoms with van der Waals surface area (Å²) < 4.78 is 41.2. The molecular weight excluding hydrogens is 351 g/mol. The minimum Gasteiger partial charge on any atom is -0.328 e. The molecule has 1 aliphatic rings. The van der Waals surface area contributed by atoms with Crippen LogP contribution in [0.5, 0.6) is 0 Å². The first-order chi connectivity index (χ1) is 10.9. The summed E-state index contributed by atoms with van der Waals surface area (Å²) in [5.74, 6) is 0.461. The van der Waals surface area contributed by atoms with Gasteiger partial charge in [0.25, 0.3) is 5.91 Å². The van der Waals surface area contributed by atoms with E-state index in [0.29, 0.717) is 17.4 Å². The zero-order valence-electron chi connectivity index (χ0n) is 11.7. The van der Waals surface area contributed by atoms with E-state index in [4.69, 9.17) is 11.6 Å². The number of aromatic nitrogens is 2. The molecule has 1 aliphatic heterocycles. The Morgan fingerprint density at radius 1 is 1.26 bits per heavy atom. The smallest absolute Gasteiger partial charge is 0.328 e. The highest BCUT2D eigenvalue weighted by Crippen LogP contribution is 2.34. The van der Waals surface area contributed by atoms with Gasteiger partial charge in [-0.05, 0) is 24.3 Å². The van der Waals surface area contributed by atoms with Crippen LogP contribution in [0.2, 0.25) is 5.02 Å². The monoisotopic (exact) mass is 361 g/mol. The summed E-state index contributed by atoms with van der Waals surface area (Å²) in [6.07, 6.45) is -3.73. The van der Waals surface area contributed by atoms with Crippen molar-refractivity contribution in [2.45, 2.75) is 6.18 Å². The van der Waals surface area contributed by atoms with Gasteiger partial charge in [0.05, 0.1) is 23.3 Å². The molecule has 2 heterocycles. The van der Waals surface area contributed by atoms with E-state index in [-0.39, 0.29) is 5.69 Å². The molecule has 1 aromatic heterocycles. The van der Waals surface area contributed by atoms with E-state index in [9.17, 15) is 18.0 Å². The number of halogens is 4. The maximum Gasteiger partial charge on any atom is 0.434 e. The SMILES string of the molecule is O=C(c1cnn(-c2ccc(Cl)cc2)c1C(F)(F)F)N1CCSC1. The molecule has 122 valence electrons. The van der Waals surface area contributed by atoms with Crippen LogP contribution in [0.15, 0.2) is 30.5 Å². The Labute approximate surface area is 139 Å². The lowest BCUT2D eigenvalue weighted by Gasteiger charge is -2.16. The first-order valence-corrected chi connectivity index (χ1v) is 8.19. The Balaban J connectivity index is 2.07. The summed E-state index contributed by atoms with van der Waals surface area (Å²) >= 11 is 7.26. The van der Waals surface area contributed by atoms with Gasteiger partial charge in [-0.2, -0.15) is 18.3 Å². The molecule has 0 spiro atoms. The number of rotatable bonds is 2. The highest BCUT2D eigenvalue weighted by Gasteiger charge is 2.41. The van der Waals surface area contributed by atoms with Gasteiger partial charge in [0.2, 0.25) is 0 Å². The molecular formula is C14H11ClF3N3OS. The van der Waals surface area contributed by atoms with Crippen molar-refractivity contribution in [2.75, 3.05) is 18.2 Å². The fourth-order valence-corrected chi connectivity index (χ4v) is 3.37. The topological polar surface area (TPSA) is 38.1 Å². The second-order valence-electron chi connectivity index (χ2n) is 4.90. The molecule has 0 bridgehead atoms. The Morgan fingerprint density at radius 3 is 2.52 bits per heavy atom. The van der Waals surface area contributed by atoms with Gasteiger partial charge < -0.3 is 4.90 Å². The molecule has 3 rings (SSSR count). The predicted octanol–water partition coefficient (Wildman–Crippen LogP) is 3.69. The number of benzene rings is 1. The molecule has 0 atom stereocenters.